The van der Waals surface area contributed by atoms with Gasteiger partial charge in [-0.15, -0.1) is 11.3 Å². The normalized spacial score (nSPS) is 23.6. The second-order valence-electron chi connectivity index (χ2n) is 5.15. The second-order valence-corrected chi connectivity index (χ2v) is 6.10. The largest absolute Gasteiger partial charge is 0.326 e. The van der Waals surface area contributed by atoms with Crippen LogP contribution >= 0.6 is 11.3 Å². The Morgan fingerprint density at radius 1 is 1.42 bits per heavy atom. The first-order chi connectivity index (χ1) is 9.40. The Morgan fingerprint density at radius 3 is 3.11 bits per heavy atom. The van der Waals surface area contributed by atoms with Crippen molar-refractivity contribution in [3.8, 4) is 10.7 Å². The van der Waals surface area contributed by atoms with Crippen molar-refractivity contribution >= 4 is 11.3 Å². The standard InChI is InChI=1S/C15H21N3S/c1-2-16-12-6-3-4-7-13(12)18-10-9-17-15(18)14-8-5-11-19-14/h5,8-13,16H,2-4,6-7H2,1H3. The Kier molecular flexibility index (Phi) is 3.99. The quantitative estimate of drug-likeness (QED) is 0.922. The van der Waals surface area contributed by atoms with Crippen molar-refractivity contribution in [1.29, 1.82) is 0 Å². The van der Waals surface area contributed by atoms with Gasteiger partial charge >= 0.3 is 0 Å². The third-order valence-corrected chi connectivity index (χ3v) is 4.83. The summed E-state index contributed by atoms with van der Waals surface area (Å²) in [5, 5.41) is 5.77. The molecule has 2 heterocycles. The van der Waals surface area contributed by atoms with Crippen molar-refractivity contribution < 1.29 is 0 Å². The molecule has 1 fully saturated rings. The molecule has 3 nitrogen and oxygen atoms in total. The van der Waals surface area contributed by atoms with Gasteiger partial charge in [-0.25, -0.2) is 4.98 Å². The molecular formula is C15H21N3S. The molecule has 0 amide bonds. The molecule has 2 aromatic rings. The summed E-state index contributed by atoms with van der Waals surface area (Å²) < 4.78 is 2.39. The minimum absolute atomic E-state index is 0.549. The van der Waals surface area contributed by atoms with Gasteiger partial charge in [0.2, 0.25) is 0 Å². The molecule has 0 bridgehead atoms. The number of thiophene rings is 1. The van der Waals surface area contributed by atoms with Crippen LogP contribution in [0.15, 0.2) is 29.9 Å². The van der Waals surface area contributed by atoms with E-state index in [-0.39, 0.29) is 0 Å². The molecule has 1 aliphatic carbocycles. The second kappa shape index (κ2) is 5.88. The fourth-order valence-corrected chi connectivity index (χ4v) is 3.85. The molecule has 2 atom stereocenters. The molecule has 19 heavy (non-hydrogen) atoms. The Bertz CT molecular complexity index is 501. The number of nitrogens with one attached hydrogen (secondary N) is 1. The molecule has 102 valence electrons. The van der Waals surface area contributed by atoms with E-state index in [2.05, 4.69) is 45.5 Å². The van der Waals surface area contributed by atoms with Crippen molar-refractivity contribution in [3.63, 3.8) is 0 Å². The fraction of sp³-hybridized carbons (Fsp3) is 0.533. The van der Waals surface area contributed by atoms with Crippen molar-refractivity contribution in [2.45, 2.75) is 44.7 Å². The third-order valence-electron chi connectivity index (χ3n) is 3.96. The van der Waals surface area contributed by atoms with E-state index in [1.54, 1.807) is 11.3 Å². The average Bonchev–Trinajstić information content (AvgIpc) is 3.10. The molecule has 0 aliphatic heterocycles. The van der Waals surface area contributed by atoms with Gasteiger partial charge < -0.3 is 9.88 Å². The lowest BCUT2D eigenvalue weighted by Crippen LogP contribution is -2.39. The van der Waals surface area contributed by atoms with E-state index in [1.165, 1.54) is 30.6 Å². The lowest BCUT2D eigenvalue weighted by Gasteiger charge is -2.33. The summed E-state index contributed by atoms with van der Waals surface area (Å²) in [6.45, 7) is 3.24. The zero-order valence-corrected chi connectivity index (χ0v) is 12.2. The predicted molar refractivity (Wildman–Crippen MR) is 80.5 cm³/mol. The summed E-state index contributed by atoms with van der Waals surface area (Å²) >= 11 is 1.77. The van der Waals surface area contributed by atoms with Gasteiger partial charge in [0.1, 0.15) is 5.82 Å². The molecular weight excluding hydrogens is 254 g/mol. The van der Waals surface area contributed by atoms with Gasteiger partial charge in [-0.2, -0.15) is 0 Å². The number of hydrogen-bond donors (Lipinski definition) is 1. The van der Waals surface area contributed by atoms with Gasteiger partial charge in [0.05, 0.1) is 10.9 Å². The Balaban J connectivity index is 1.90. The van der Waals surface area contributed by atoms with Crippen LogP contribution in [0.25, 0.3) is 10.7 Å². The molecule has 0 aromatic carbocycles. The third kappa shape index (κ3) is 2.60. The topological polar surface area (TPSA) is 29.9 Å². The predicted octanol–water partition coefficient (Wildman–Crippen LogP) is 3.70. The molecule has 2 aromatic heterocycles. The molecule has 0 saturated heterocycles. The molecule has 1 N–H and O–H groups in total. The van der Waals surface area contributed by atoms with E-state index in [4.69, 9.17) is 0 Å². The van der Waals surface area contributed by atoms with E-state index >= 15 is 0 Å². The number of rotatable bonds is 4. The zero-order valence-electron chi connectivity index (χ0n) is 11.4. The highest BCUT2D eigenvalue weighted by Gasteiger charge is 2.27. The van der Waals surface area contributed by atoms with Crippen LogP contribution in [0.5, 0.6) is 0 Å². The van der Waals surface area contributed by atoms with Crippen molar-refractivity contribution in [3.05, 3.63) is 29.9 Å². The highest BCUT2D eigenvalue weighted by molar-refractivity contribution is 7.13. The Morgan fingerprint density at radius 2 is 2.32 bits per heavy atom. The number of imidazole rings is 1. The minimum atomic E-state index is 0.549. The molecule has 0 spiro atoms. The zero-order chi connectivity index (χ0) is 13.1. The highest BCUT2D eigenvalue weighted by Crippen LogP contribution is 2.33. The van der Waals surface area contributed by atoms with Crippen LogP contribution in [-0.4, -0.2) is 22.1 Å². The van der Waals surface area contributed by atoms with Crippen molar-refractivity contribution in [1.82, 2.24) is 14.9 Å². The van der Waals surface area contributed by atoms with Gasteiger partial charge in [-0.3, -0.25) is 0 Å². The van der Waals surface area contributed by atoms with E-state index in [1.807, 2.05) is 6.20 Å². The van der Waals surface area contributed by atoms with Crippen LogP contribution in [0.3, 0.4) is 0 Å². The van der Waals surface area contributed by atoms with Crippen molar-refractivity contribution in [2.75, 3.05) is 6.54 Å². The number of aromatic nitrogens is 2. The van der Waals surface area contributed by atoms with Crippen molar-refractivity contribution in [2.24, 2.45) is 0 Å². The minimum Gasteiger partial charge on any atom is -0.326 e. The first-order valence-corrected chi connectivity index (χ1v) is 8.08. The van der Waals surface area contributed by atoms with Gasteiger partial charge in [0.15, 0.2) is 0 Å². The average molecular weight is 275 g/mol. The van der Waals surface area contributed by atoms with Gasteiger partial charge in [-0.1, -0.05) is 25.8 Å². The smallest absolute Gasteiger partial charge is 0.150 e. The molecule has 0 radical (unpaired) electrons. The molecule has 1 saturated carbocycles. The monoisotopic (exact) mass is 275 g/mol. The summed E-state index contributed by atoms with van der Waals surface area (Å²) in [6, 6.07) is 5.40. The lowest BCUT2D eigenvalue weighted by atomic mass is 9.90. The first-order valence-electron chi connectivity index (χ1n) is 7.20. The maximum Gasteiger partial charge on any atom is 0.150 e. The van der Waals surface area contributed by atoms with Crippen LogP contribution in [0.1, 0.15) is 38.6 Å². The summed E-state index contributed by atoms with van der Waals surface area (Å²) in [6.07, 6.45) is 9.29. The van der Waals surface area contributed by atoms with Gasteiger partial charge in [0, 0.05) is 18.4 Å². The van der Waals surface area contributed by atoms with Crippen LogP contribution in [0.2, 0.25) is 0 Å². The highest BCUT2D eigenvalue weighted by atomic mass is 32.1. The SMILES string of the molecule is CCNC1CCCCC1n1ccnc1-c1cccs1. The van der Waals surface area contributed by atoms with Crippen LogP contribution in [0, 0.1) is 0 Å². The van der Waals surface area contributed by atoms with E-state index in [9.17, 15) is 0 Å². The lowest BCUT2D eigenvalue weighted by molar-refractivity contribution is 0.268. The van der Waals surface area contributed by atoms with Crippen LogP contribution in [-0.2, 0) is 0 Å². The molecule has 1 aliphatic rings. The maximum absolute atomic E-state index is 4.57. The summed E-state index contributed by atoms with van der Waals surface area (Å²) in [5.41, 5.74) is 0. The molecule has 4 heteroatoms. The van der Waals surface area contributed by atoms with Gasteiger partial charge in [0.25, 0.3) is 0 Å². The summed E-state index contributed by atoms with van der Waals surface area (Å²) in [5.74, 6) is 1.13. The van der Waals surface area contributed by atoms with Gasteiger partial charge in [-0.05, 0) is 30.8 Å². The Hall–Kier alpha value is -1.13. The van der Waals surface area contributed by atoms with E-state index in [0.29, 0.717) is 12.1 Å². The maximum atomic E-state index is 4.57. The summed E-state index contributed by atoms with van der Waals surface area (Å²) in [7, 11) is 0. The summed E-state index contributed by atoms with van der Waals surface area (Å²) in [4.78, 5) is 5.84. The van der Waals surface area contributed by atoms with E-state index < -0.39 is 0 Å². The van der Waals surface area contributed by atoms with Crippen LogP contribution < -0.4 is 5.32 Å². The van der Waals surface area contributed by atoms with E-state index in [0.717, 1.165) is 12.4 Å². The molecule has 2 unspecified atom stereocenters. The number of hydrogen-bond acceptors (Lipinski definition) is 3. The van der Waals surface area contributed by atoms with Crippen LogP contribution in [0.4, 0.5) is 0 Å². The number of likely N-dealkylation sites (N-methyl/N-ethyl adjacent to an activating group) is 1. The first kappa shape index (κ1) is 12.9. The fourth-order valence-electron chi connectivity index (χ4n) is 3.12. The molecule has 3 rings (SSSR count). The number of nitrogens with zero attached hydrogens (tertiary/aromatic N) is 2. The Labute approximate surface area is 118 Å².